The molecule has 4 nitrogen and oxygen atoms in total. The predicted octanol–water partition coefficient (Wildman–Crippen LogP) is 3.86. The van der Waals surface area contributed by atoms with Gasteiger partial charge in [-0.2, -0.15) is 0 Å². The summed E-state index contributed by atoms with van der Waals surface area (Å²) in [6, 6.07) is 23.4. The summed E-state index contributed by atoms with van der Waals surface area (Å²) in [6.07, 6.45) is 0.487. The number of hydrogen-bond acceptors (Lipinski definition) is 4. The summed E-state index contributed by atoms with van der Waals surface area (Å²) in [5, 5.41) is 19.9. The van der Waals surface area contributed by atoms with E-state index in [-0.39, 0.29) is 12.4 Å². The summed E-state index contributed by atoms with van der Waals surface area (Å²) in [4.78, 5) is 2.28. The lowest BCUT2D eigenvalue weighted by Gasteiger charge is -2.30. The number of benzene rings is 3. The van der Waals surface area contributed by atoms with E-state index in [1.54, 1.807) is 12.1 Å². The molecule has 3 aromatic rings. The van der Waals surface area contributed by atoms with Crippen LogP contribution < -0.4 is 4.74 Å². The van der Waals surface area contributed by atoms with E-state index in [0.717, 1.165) is 36.4 Å². The van der Waals surface area contributed by atoms with E-state index in [9.17, 15) is 10.2 Å². The van der Waals surface area contributed by atoms with Gasteiger partial charge >= 0.3 is 0 Å². The lowest BCUT2D eigenvalue weighted by molar-refractivity contribution is 0.0638. The standard InChI is InChI=1S/C24H25NO3/c26-22-10-8-19(9-11-22)20-6-3-7-24(14-20)28-17-23(27)16-25-13-12-18-4-1-2-5-21(18)15-25/h1-11,14,23,26-27H,12-13,15-17H2. The maximum Gasteiger partial charge on any atom is 0.120 e. The van der Waals surface area contributed by atoms with Gasteiger partial charge in [-0.1, -0.05) is 48.5 Å². The molecule has 1 aliphatic rings. The second kappa shape index (κ2) is 8.46. The Morgan fingerprint density at radius 3 is 2.50 bits per heavy atom. The number of aliphatic hydroxyl groups is 1. The molecule has 4 rings (SSSR count). The van der Waals surface area contributed by atoms with Crippen molar-refractivity contribution in [3.05, 3.63) is 83.9 Å². The molecule has 0 saturated heterocycles. The van der Waals surface area contributed by atoms with Crippen LogP contribution in [0.3, 0.4) is 0 Å². The zero-order valence-electron chi connectivity index (χ0n) is 15.8. The number of aromatic hydroxyl groups is 1. The molecule has 3 aromatic carbocycles. The molecule has 0 spiro atoms. The highest BCUT2D eigenvalue weighted by Crippen LogP contribution is 2.25. The van der Waals surface area contributed by atoms with Crippen LogP contribution in [-0.4, -0.2) is 40.9 Å². The lowest BCUT2D eigenvalue weighted by atomic mass is 10.00. The molecule has 0 aliphatic carbocycles. The molecule has 0 fully saturated rings. The van der Waals surface area contributed by atoms with Crippen LogP contribution in [0.1, 0.15) is 11.1 Å². The minimum Gasteiger partial charge on any atom is -0.508 e. The Labute approximate surface area is 165 Å². The average molecular weight is 375 g/mol. The summed E-state index contributed by atoms with van der Waals surface area (Å²) in [7, 11) is 0. The molecular weight excluding hydrogens is 350 g/mol. The fourth-order valence-corrected chi connectivity index (χ4v) is 3.67. The van der Waals surface area contributed by atoms with Crippen LogP contribution in [0.15, 0.2) is 72.8 Å². The summed E-state index contributed by atoms with van der Waals surface area (Å²) in [5.41, 5.74) is 4.79. The number of ether oxygens (including phenoxy) is 1. The molecule has 0 radical (unpaired) electrons. The first kappa shape index (κ1) is 18.5. The van der Waals surface area contributed by atoms with E-state index in [1.165, 1.54) is 11.1 Å². The summed E-state index contributed by atoms with van der Waals surface area (Å²) >= 11 is 0. The highest BCUT2D eigenvalue weighted by Gasteiger charge is 2.18. The third-order valence-electron chi connectivity index (χ3n) is 5.16. The summed E-state index contributed by atoms with van der Waals surface area (Å²) in [6.45, 7) is 2.71. The largest absolute Gasteiger partial charge is 0.508 e. The quantitative estimate of drug-likeness (QED) is 0.687. The van der Waals surface area contributed by atoms with Gasteiger partial charge in [0.1, 0.15) is 24.2 Å². The third-order valence-corrected chi connectivity index (χ3v) is 5.16. The topological polar surface area (TPSA) is 52.9 Å². The maximum atomic E-state index is 10.4. The van der Waals surface area contributed by atoms with Gasteiger partial charge in [-0.15, -0.1) is 0 Å². The van der Waals surface area contributed by atoms with E-state index >= 15 is 0 Å². The van der Waals surface area contributed by atoms with Crippen LogP contribution >= 0.6 is 0 Å². The molecule has 1 heterocycles. The molecule has 1 atom stereocenters. The van der Waals surface area contributed by atoms with Gasteiger partial charge in [0.05, 0.1) is 0 Å². The van der Waals surface area contributed by atoms with Crippen molar-refractivity contribution < 1.29 is 14.9 Å². The molecule has 0 aromatic heterocycles. The van der Waals surface area contributed by atoms with Crippen LogP contribution in [0.25, 0.3) is 11.1 Å². The SMILES string of the molecule is Oc1ccc(-c2cccc(OCC(O)CN3CCc4ccccc4C3)c2)cc1. The molecule has 0 amide bonds. The molecule has 1 aliphatic heterocycles. The van der Waals surface area contributed by atoms with Gasteiger partial charge in [-0.05, 0) is 52.9 Å². The first-order valence-corrected chi connectivity index (χ1v) is 9.67. The first-order valence-electron chi connectivity index (χ1n) is 9.67. The molecule has 1 unspecified atom stereocenters. The lowest BCUT2D eigenvalue weighted by Crippen LogP contribution is -2.38. The Morgan fingerprint density at radius 2 is 1.68 bits per heavy atom. The highest BCUT2D eigenvalue weighted by atomic mass is 16.5. The van der Waals surface area contributed by atoms with Gasteiger partial charge in [0, 0.05) is 19.6 Å². The minimum atomic E-state index is -0.539. The fourth-order valence-electron chi connectivity index (χ4n) is 3.67. The van der Waals surface area contributed by atoms with Crippen molar-refractivity contribution in [1.29, 1.82) is 0 Å². The highest BCUT2D eigenvalue weighted by molar-refractivity contribution is 5.65. The van der Waals surface area contributed by atoms with Crippen LogP contribution in [0.2, 0.25) is 0 Å². The number of aliphatic hydroxyl groups excluding tert-OH is 1. The van der Waals surface area contributed by atoms with Gasteiger partial charge < -0.3 is 14.9 Å². The van der Waals surface area contributed by atoms with Crippen molar-refractivity contribution in [1.82, 2.24) is 4.90 Å². The molecule has 2 N–H and O–H groups in total. The Bertz CT molecular complexity index is 923. The number of phenols is 1. The summed E-state index contributed by atoms with van der Waals surface area (Å²) < 4.78 is 5.84. The van der Waals surface area contributed by atoms with Crippen molar-refractivity contribution in [2.45, 2.75) is 19.1 Å². The second-order valence-electron chi connectivity index (χ2n) is 7.29. The predicted molar refractivity (Wildman–Crippen MR) is 110 cm³/mol. The van der Waals surface area contributed by atoms with Gasteiger partial charge in [0.2, 0.25) is 0 Å². The van der Waals surface area contributed by atoms with Crippen LogP contribution in [0.4, 0.5) is 0 Å². The molecular formula is C24H25NO3. The number of β-amino-alcohol motifs (C(OH)–C–C–N with tert-alkyl or cyclic N) is 1. The van der Waals surface area contributed by atoms with Crippen LogP contribution in [0.5, 0.6) is 11.5 Å². The molecule has 0 bridgehead atoms. The number of phenolic OH excluding ortho intramolecular Hbond substituents is 1. The van der Waals surface area contributed by atoms with Crippen molar-refractivity contribution >= 4 is 0 Å². The Morgan fingerprint density at radius 1 is 0.893 bits per heavy atom. The number of nitrogens with zero attached hydrogens (tertiary/aromatic N) is 1. The normalized spacial score (nSPS) is 15.0. The monoisotopic (exact) mass is 375 g/mol. The second-order valence-corrected chi connectivity index (χ2v) is 7.29. The molecule has 144 valence electrons. The fraction of sp³-hybridized carbons (Fsp3) is 0.250. The van der Waals surface area contributed by atoms with E-state index in [2.05, 4.69) is 29.2 Å². The number of hydrogen-bond donors (Lipinski definition) is 2. The maximum absolute atomic E-state index is 10.4. The third kappa shape index (κ3) is 4.53. The minimum absolute atomic E-state index is 0.250. The average Bonchev–Trinajstić information content (AvgIpc) is 2.73. The Balaban J connectivity index is 1.32. The van der Waals surface area contributed by atoms with Gasteiger partial charge in [-0.3, -0.25) is 4.90 Å². The molecule has 0 saturated carbocycles. The smallest absolute Gasteiger partial charge is 0.120 e. The van der Waals surface area contributed by atoms with Crippen LogP contribution in [0, 0.1) is 0 Å². The number of fused-ring (bicyclic) bond motifs is 1. The number of rotatable bonds is 6. The van der Waals surface area contributed by atoms with Gasteiger partial charge in [-0.25, -0.2) is 0 Å². The van der Waals surface area contributed by atoms with Crippen molar-refractivity contribution in [3.63, 3.8) is 0 Å². The molecule has 4 heteroatoms. The van der Waals surface area contributed by atoms with Crippen LogP contribution in [-0.2, 0) is 13.0 Å². The van der Waals surface area contributed by atoms with Crippen molar-refractivity contribution in [3.8, 4) is 22.6 Å². The van der Waals surface area contributed by atoms with E-state index in [0.29, 0.717) is 6.54 Å². The van der Waals surface area contributed by atoms with Gasteiger partial charge in [0.25, 0.3) is 0 Å². The van der Waals surface area contributed by atoms with Crippen molar-refractivity contribution in [2.24, 2.45) is 0 Å². The zero-order chi connectivity index (χ0) is 19.3. The van der Waals surface area contributed by atoms with E-state index in [4.69, 9.17) is 4.74 Å². The van der Waals surface area contributed by atoms with Gasteiger partial charge in [0.15, 0.2) is 0 Å². The first-order chi connectivity index (χ1) is 13.7. The Kier molecular flexibility index (Phi) is 5.60. The van der Waals surface area contributed by atoms with E-state index < -0.39 is 6.10 Å². The van der Waals surface area contributed by atoms with Crippen molar-refractivity contribution in [2.75, 3.05) is 19.7 Å². The zero-order valence-corrected chi connectivity index (χ0v) is 15.8. The molecule has 28 heavy (non-hydrogen) atoms. The Hall–Kier alpha value is -2.82. The van der Waals surface area contributed by atoms with E-state index in [1.807, 2.05) is 36.4 Å². The summed E-state index contributed by atoms with van der Waals surface area (Å²) in [5.74, 6) is 0.980.